The van der Waals surface area contributed by atoms with Crippen molar-refractivity contribution in [3.63, 3.8) is 0 Å². The number of hydrogen-bond acceptors (Lipinski definition) is 4. The molecular formula is C17H22N2O4S2. The Morgan fingerprint density at radius 2 is 1.36 bits per heavy atom. The second-order valence-corrected chi connectivity index (χ2v) is 9.08. The Morgan fingerprint density at radius 1 is 0.800 bits per heavy atom. The molecule has 0 saturated heterocycles. The van der Waals surface area contributed by atoms with E-state index in [9.17, 15) is 16.8 Å². The second-order valence-electron chi connectivity index (χ2n) is 5.37. The molecule has 0 saturated carbocycles. The summed E-state index contributed by atoms with van der Waals surface area (Å²) in [5.41, 5.74) is 0.679. The number of hydrogen-bond donors (Lipinski definition) is 1. The number of benzene rings is 2. The van der Waals surface area contributed by atoms with Gasteiger partial charge in [-0.1, -0.05) is 44.2 Å². The standard InChI is InChI=1S/C17H22N2O4S2/c1-3-19(4-2)25(22,23)17-12-10-15(11-13-17)14-18-24(20,21)16-8-6-5-7-9-16/h5-13,18H,3-4,14H2,1-2H3. The molecule has 25 heavy (non-hydrogen) atoms. The van der Waals surface area contributed by atoms with Crippen LogP contribution in [0.25, 0.3) is 0 Å². The van der Waals surface area contributed by atoms with Crippen molar-refractivity contribution in [3.8, 4) is 0 Å². The lowest BCUT2D eigenvalue weighted by Gasteiger charge is -2.18. The van der Waals surface area contributed by atoms with Gasteiger partial charge in [0.25, 0.3) is 0 Å². The molecule has 136 valence electrons. The lowest BCUT2D eigenvalue weighted by atomic mass is 10.2. The molecular weight excluding hydrogens is 360 g/mol. The minimum absolute atomic E-state index is 0.0861. The van der Waals surface area contributed by atoms with Crippen molar-refractivity contribution in [3.05, 3.63) is 60.2 Å². The average Bonchev–Trinajstić information content (AvgIpc) is 2.62. The fourth-order valence-electron chi connectivity index (χ4n) is 2.35. The fraction of sp³-hybridized carbons (Fsp3) is 0.294. The Balaban J connectivity index is 2.11. The summed E-state index contributed by atoms with van der Waals surface area (Å²) in [5.74, 6) is 0. The highest BCUT2D eigenvalue weighted by atomic mass is 32.2. The Bertz CT molecular complexity index is 889. The van der Waals surface area contributed by atoms with E-state index in [0.717, 1.165) is 0 Å². The van der Waals surface area contributed by atoms with Crippen LogP contribution >= 0.6 is 0 Å². The molecule has 0 spiro atoms. The van der Waals surface area contributed by atoms with Gasteiger partial charge in [0.2, 0.25) is 20.0 Å². The summed E-state index contributed by atoms with van der Waals surface area (Å²) >= 11 is 0. The topological polar surface area (TPSA) is 83.6 Å². The molecule has 0 fully saturated rings. The van der Waals surface area contributed by atoms with Gasteiger partial charge < -0.3 is 0 Å². The van der Waals surface area contributed by atoms with Gasteiger partial charge >= 0.3 is 0 Å². The van der Waals surface area contributed by atoms with Crippen LogP contribution in [0.2, 0.25) is 0 Å². The van der Waals surface area contributed by atoms with Crippen LogP contribution in [-0.4, -0.2) is 34.2 Å². The molecule has 8 heteroatoms. The number of rotatable bonds is 8. The minimum atomic E-state index is -3.59. The molecule has 2 aromatic rings. The zero-order chi connectivity index (χ0) is 18.5. The highest BCUT2D eigenvalue weighted by Gasteiger charge is 2.21. The number of sulfonamides is 2. The highest BCUT2D eigenvalue weighted by molar-refractivity contribution is 7.89. The van der Waals surface area contributed by atoms with Gasteiger partial charge in [-0.25, -0.2) is 21.6 Å². The van der Waals surface area contributed by atoms with Crippen LogP contribution in [-0.2, 0) is 26.6 Å². The summed E-state index contributed by atoms with van der Waals surface area (Å²) in [4.78, 5) is 0.390. The quantitative estimate of drug-likeness (QED) is 0.759. The number of nitrogens with zero attached hydrogens (tertiary/aromatic N) is 1. The van der Waals surface area contributed by atoms with Crippen LogP contribution in [0.1, 0.15) is 19.4 Å². The van der Waals surface area contributed by atoms with E-state index >= 15 is 0 Å². The molecule has 2 aromatic carbocycles. The largest absolute Gasteiger partial charge is 0.243 e. The van der Waals surface area contributed by atoms with Crippen LogP contribution in [0.3, 0.4) is 0 Å². The lowest BCUT2D eigenvalue weighted by Crippen LogP contribution is -2.30. The summed E-state index contributed by atoms with van der Waals surface area (Å²) in [7, 11) is -7.10. The Morgan fingerprint density at radius 3 is 1.88 bits per heavy atom. The average molecular weight is 383 g/mol. The Labute approximate surface area is 149 Å². The van der Waals surface area contributed by atoms with Crippen LogP contribution < -0.4 is 4.72 Å². The van der Waals surface area contributed by atoms with Gasteiger partial charge in [0.05, 0.1) is 9.79 Å². The smallest absolute Gasteiger partial charge is 0.207 e. The van der Waals surface area contributed by atoms with Crippen molar-refractivity contribution in [2.75, 3.05) is 13.1 Å². The molecule has 0 bridgehead atoms. The third kappa shape index (κ3) is 4.66. The van der Waals surface area contributed by atoms with E-state index in [0.29, 0.717) is 18.7 Å². The normalized spacial score (nSPS) is 12.4. The predicted molar refractivity (Wildman–Crippen MR) is 97.0 cm³/mol. The monoisotopic (exact) mass is 382 g/mol. The SMILES string of the molecule is CCN(CC)S(=O)(=O)c1ccc(CNS(=O)(=O)c2ccccc2)cc1. The van der Waals surface area contributed by atoms with Gasteiger partial charge in [0, 0.05) is 19.6 Å². The third-order valence-electron chi connectivity index (χ3n) is 3.79. The van der Waals surface area contributed by atoms with E-state index in [1.807, 2.05) is 0 Å². The molecule has 0 unspecified atom stereocenters. The summed E-state index contributed by atoms with van der Waals surface area (Å²) in [6.07, 6.45) is 0. The molecule has 6 nitrogen and oxygen atoms in total. The van der Waals surface area contributed by atoms with E-state index in [2.05, 4.69) is 4.72 Å². The molecule has 0 aliphatic heterocycles. The molecule has 2 rings (SSSR count). The molecule has 0 aromatic heterocycles. The lowest BCUT2D eigenvalue weighted by molar-refractivity contribution is 0.445. The van der Waals surface area contributed by atoms with E-state index in [1.165, 1.54) is 28.6 Å². The first kappa shape index (κ1) is 19.6. The van der Waals surface area contributed by atoms with Gasteiger partial charge in [-0.05, 0) is 29.8 Å². The summed E-state index contributed by atoms with van der Waals surface area (Å²) in [5, 5.41) is 0. The van der Waals surface area contributed by atoms with Crippen molar-refractivity contribution in [1.29, 1.82) is 0 Å². The van der Waals surface area contributed by atoms with Crippen molar-refractivity contribution in [2.24, 2.45) is 0 Å². The summed E-state index contributed by atoms with van der Waals surface area (Å²) < 4.78 is 53.1. The maximum absolute atomic E-state index is 12.4. The maximum Gasteiger partial charge on any atom is 0.243 e. The highest BCUT2D eigenvalue weighted by Crippen LogP contribution is 2.16. The van der Waals surface area contributed by atoms with Gasteiger partial charge in [-0.15, -0.1) is 0 Å². The maximum atomic E-state index is 12.4. The van der Waals surface area contributed by atoms with Crippen molar-refractivity contribution < 1.29 is 16.8 Å². The molecule has 0 atom stereocenters. The van der Waals surface area contributed by atoms with Crippen molar-refractivity contribution >= 4 is 20.0 Å². The van der Waals surface area contributed by atoms with E-state index in [-0.39, 0.29) is 16.3 Å². The third-order valence-corrected chi connectivity index (χ3v) is 7.27. The molecule has 1 N–H and O–H groups in total. The molecule has 0 aliphatic rings. The van der Waals surface area contributed by atoms with Gasteiger partial charge in [-0.2, -0.15) is 4.31 Å². The van der Waals surface area contributed by atoms with E-state index in [1.54, 1.807) is 44.2 Å². The molecule has 0 aliphatic carbocycles. The van der Waals surface area contributed by atoms with Gasteiger partial charge in [-0.3, -0.25) is 0 Å². The van der Waals surface area contributed by atoms with Gasteiger partial charge in [0.1, 0.15) is 0 Å². The van der Waals surface area contributed by atoms with Crippen LogP contribution in [0.15, 0.2) is 64.4 Å². The Hall–Kier alpha value is -1.74. The second kappa shape index (κ2) is 8.09. The van der Waals surface area contributed by atoms with Crippen LogP contribution in [0.5, 0.6) is 0 Å². The zero-order valence-corrected chi connectivity index (χ0v) is 15.8. The summed E-state index contributed by atoms with van der Waals surface area (Å²) in [6.45, 7) is 4.46. The van der Waals surface area contributed by atoms with E-state index in [4.69, 9.17) is 0 Å². The molecule has 0 radical (unpaired) electrons. The number of nitrogens with one attached hydrogen (secondary N) is 1. The zero-order valence-electron chi connectivity index (χ0n) is 14.2. The first-order valence-corrected chi connectivity index (χ1v) is 10.9. The molecule has 0 heterocycles. The van der Waals surface area contributed by atoms with Gasteiger partial charge in [0.15, 0.2) is 0 Å². The Kier molecular flexibility index (Phi) is 6.34. The first-order chi connectivity index (χ1) is 11.8. The predicted octanol–water partition coefficient (Wildman–Crippen LogP) is 2.20. The minimum Gasteiger partial charge on any atom is -0.207 e. The van der Waals surface area contributed by atoms with Crippen LogP contribution in [0, 0.1) is 0 Å². The van der Waals surface area contributed by atoms with E-state index < -0.39 is 20.0 Å². The summed E-state index contributed by atoms with van der Waals surface area (Å²) in [6, 6.07) is 14.3. The van der Waals surface area contributed by atoms with Crippen molar-refractivity contribution in [2.45, 2.75) is 30.2 Å². The fourth-order valence-corrected chi connectivity index (χ4v) is 4.85. The first-order valence-electron chi connectivity index (χ1n) is 7.95. The molecule has 0 amide bonds. The van der Waals surface area contributed by atoms with Crippen molar-refractivity contribution in [1.82, 2.24) is 9.03 Å². The van der Waals surface area contributed by atoms with Crippen LogP contribution in [0.4, 0.5) is 0 Å².